The molecule has 112 valence electrons. The first-order valence-corrected chi connectivity index (χ1v) is 8.39. The third kappa shape index (κ3) is 3.20. The van der Waals surface area contributed by atoms with Crippen molar-refractivity contribution in [3.8, 4) is 0 Å². The molecule has 0 amide bonds. The van der Waals surface area contributed by atoms with Crippen molar-refractivity contribution < 1.29 is 13.5 Å². The lowest BCUT2D eigenvalue weighted by molar-refractivity contribution is 0.195. The second kappa shape index (κ2) is 6.22. The Morgan fingerprint density at radius 3 is 2.45 bits per heavy atom. The first-order chi connectivity index (χ1) is 9.45. The molecule has 1 aromatic carbocycles. The van der Waals surface area contributed by atoms with Crippen LogP contribution in [0.4, 0.5) is 0 Å². The van der Waals surface area contributed by atoms with Gasteiger partial charge in [-0.1, -0.05) is 19.1 Å². The van der Waals surface area contributed by atoms with E-state index in [9.17, 15) is 13.5 Å². The number of piperazine rings is 1. The number of rotatable bonds is 4. The van der Waals surface area contributed by atoms with Gasteiger partial charge in [0.1, 0.15) is 0 Å². The van der Waals surface area contributed by atoms with Crippen molar-refractivity contribution in [2.45, 2.75) is 24.8 Å². The minimum atomic E-state index is -3.45. The van der Waals surface area contributed by atoms with Gasteiger partial charge in [0.2, 0.25) is 10.0 Å². The topological polar surface area (TPSA) is 60.9 Å². The van der Waals surface area contributed by atoms with Crippen LogP contribution in [-0.2, 0) is 10.0 Å². The molecule has 1 N–H and O–H groups in total. The number of aliphatic hydroxyl groups is 1. The normalized spacial score (nSPS) is 19.9. The predicted molar refractivity (Wildman–Crippen MR) is 77.9 cm³/mol. The minimum absolute atomic E-state index is 0.265. The third-order valence-electron chi connectivity index (χ3n) is 3.76. The predicted octanol–water partition coefficient (Wildman–Crippen LogP) is 1.07. The summed E-state index contributed by atoms with van der Waals surface area (Å²) >= 11 is 0. The van der Waals surface area contributed by atoms with E-state index in [1.807, 2.05) is 0 Å². The van der Waals surface area contributed by atoms with E-state index in [0.717, 1.165) is 19.6 Å². The lowest BCUT2D eigenvalue weighted by atomic mass is 10.1. The summed E-state index contributed by atoms with van der Waals surface area (Å²) in [6.45, 7) is 7.25. The summed E-state index contributed by atoms with van der Waals surface area (Å²) in [4.78, 5) is 2.50. The molecule has 20 heavy (non-hydrogen) atoms. The van der Waals surface area contributed by atoms with Crippen LogP contribution in [-0.4, -0.2) is 55.5 Å². The first-order valence-electron chi connectivity index (χ1n) is 6.95. The van der Waals surface area contributed by atoms with E-state index < -0.39 is 16.1 Å². The standard InChI is InChI=1S/C14H22N2O3S/c1-3-15-7-9-16(10-8-15)20(18,19)14-6-4-5-13(11-14)12(2)17/h4-6,11-12,17H,3,7-10H2,1-2H3. The molecule has 0 spiro atoms. The van der Waals surface area contributed by atoms with Gasteiger partial charge < -0.3 is 10.0 Å². The number of sulfonamides is 1. The van der Waals surface area contributed by atoms with Crippen molar-refractivity contribution in [2.24, 2.45) is 0 Å². The molecule has 5 nitrogen and oxygen atoms in total. The zero-order valence-electron chi connectivity index (χ0n) is 12.0. The summed E-state index contributed by atoms with van der Waals surface area (Å²) in [5, 5.41) is 9.58. The molecular weight excluding hydrogens is 276 g/mol. The number of hydrogen-bond donors (Lipinski definition) is 1. The fraction of sp³-hybridized carbons (Fsp3) is 0.571. The van der Waals surface area contributed by atoms with Crippen molar-refractivity contribution in [3.63, 3.8) is 0 Å². The maximum Gasteiger partial charge on any atom is 0.243 e. The molecule has 2 rings (SSSR count). The van der Waals surface area contributed by atoms with Gasteiger partial charge in [0.15, 0.2) is 0 Å². The Bertz CT molecular complexity index is 549. The third-order valence-corrected chi connectivity index (χ3v) is 5.65. The highest BCUT2D eigenvalue weighted by Crippen LogP contribution is 2.21. The van der Waals surface area contributed by atoms with Gasteiger partial charge in [-0.05, 0) is 31.2 Å². The van der Waals surface area contributed by atoms with E-state index >= 15 is 0 Å². The van der Waals surface area contributed by atoms with E-state index in [1.54, 1.807) is 31.2 Å². The van der Waals surface area contributed by atoms with Gasteiger partial charge in [0, 0.05) is 26.2 Å². The van der Waals surface area contributed by atoms with E-state index in [1.165, 1.54) is 4.31 Å². The van der Waals surface area contributed by atoms with Crippen molar-refractivity contribution >= 4 is 10.0 Å². The fourth-order valence-corrected chi connectivity index (χ4v) is 3.85. The van der Waals surface area contributed by atoms with Gasteiger partial charge in [-0.3, -0.25) is 0 Å². The van der Waals surface area contributed by atoms with Crippen LogP contribution < -0.4 is 0 Å². The number of nitrogens with zero attached hydrogens (tertiary/aromatic N) is 2. The van der Waals surface area contributed by atoms with Gasteiger partial charge in [-0.15, -0.1) is 0 Å². The van der Waals surface area contributed by atoms with Crippen LogP contribution in [0, 0.1) is 0 Å². The molecule has 6 heteroatoms. The number of likely N-dealkylation sites (N-methyl/N-ethyl adjacent to an activating group) is 1. The maximum absolute atomic E-state index is 12.6. The summed E-state index contributed by atoms with van der Waals surface area (Å²) in [5.41, 5.74) is 0.623. The molecule has 0 saturated carbocycles. The monoisotopic (exact) mass is 298 g/mol. The van der Waals surface area contributed by atoms with E-state index in [-0.39, 0.29) is 4.90 Å². The molecule has 1 aromatic rings. The van der Waals surface area contributed by atoms with E-state index in [4.69, 9.17) is 0 Å². The van der Waals surface area contributed by atoms with Crippen LogP contribution in [0.3, 0.4) is 0 Å². The molecule has 0 aliphatic carbocycles. The smallest absolute Gasteiger partial charge is 0.243 e. The van der Waals surface area contributed by atoms with Gasteiger partial charge in [0.25, 0.3) is 0 Å². The highest BCUT2D eigenvalue weighted by molar-refractivity contribution is 7.89. The molecule has 1 heterocycles. The van der Waals surface area contributed by atoms with Crippen molar-refractivity contribution in [2.75, 3.05) is 32.7 Å². The SMILES string of the molecule is CCN1CCN(S(=O)(=O)c2cccc(C(C)O)c2)CC1. The highest BCUT2D eigenvalue weighted by Gasteiger charge is 2.28. The molecule has 1 aliphatic rings. The Morgan fingerprint density at radius 1 is 1.25 bits per heavy atom. The largest absolute Gasteiger partial charge is 0.389 e. The van der Waals surface area contributed by atoms with Gasteiger partial charge >= 0.3 is 0 Å². The average molecular weight is 298 g/mol. The van der Waals surface area contributed by atoms with Crippen molar-refractivity contribution in [3.05, 3.63) is 29.8 Å². The summed E-state index contributed by atoms with van der Waals surface area (Å²) in [7, 11) is -3.45. The second-order valence-electron chi connectivity index (χ2n) is 5.09. The summed E-state index contributed by atoms with van der Waals surface area (Å²) in [6.07, 6.45) is -0.665. The molecule has 1 atom stereocenters. The quantitative estimate of drug-likeness (QED) is 0.903. The van der Waals surface area contributed by atoms with Crippen LogP contribution in [0.15, 0.2) is 29.2 Å². The van der Waals surface area contributed by atoms with Crippen LogP contribution in [0.1, 0.15) is 25.5 Å². The molecule has 0 aromatic heterocycles. The van der Waals surface area contributed by atoms with Gasteiger partial charge in [-0.2, -0.15) is 4.31 Å². The first kappa shape index (κ1) is 15.4. The van der Waals surface area contributed by atoms with Crippen LogP contribution in [0.5, 0.6) is 0 Å². The summed E-state index contributed by atoms with van der Waals surface area (Å²) in [6, 6.07) is 6.57. The van der Waals surface area contributed by atoms with E-state index in [2.05, 4.69) is 11.8 Å². The maximum atomic E-state index is 12.6. The molecule has 0 bridgehead atoms. The highest BCUT2D eigenvalue weighted by atomic mass is 32.2. The lowest BCUT2D eigenvalue weighted by Crippen LogP contribution is -2.48. The zero-order chi connectivity index (χ0) is 14.8. The van der Waals surface area contributed by atoms with Crippen molar-refractivity contribution in [1.82, 2.24) is 9.21 Å². The Kier molecular flexibility index (Phi) is 4.80. The van der Waals surface area contributed by atoms with Crippen LogP contribution in [0.25, 0.3) is 0 Å². The molecule has 1 fully saturated rings. The number of hydrogen-bond acceptors (Lipinski definition) is 4. The zero-order valence-corrected chi connectivity index (χ0v) is 12.8. The molecule has 1 aliphatic heterocycles. The van der Waals surface area contributed by atoms with Crippen LogP contribution in [0.2, 0.25) is 0 Å². The molecule has 0 radical (unpaired) electrons. The Morgan fingerprint density at radius 2 is 1.90 bits per heavy atom. The molecule has 1 unspecified atom stereocenters. The molecular formula is C14H22N2O3S. The number of benzene rings is 1. The Labute approximate surface area is 120 Å². The summed E-state index contributed by atoms with van der Waals surface area (Å²) in [5.74, 6) is 0. The van der Waals surface area contributed by atoms with Gasteiger partial charge in [-0.25, -0.2) is 8.42 Å². The Hall–Kier alpha value is -0.950. The second-order valence-corrected chi connectivity index (χ2v) is 7.02. The number of aliphatic hydroxyl groups excluding tert-OH is 1. The molecule has 1 saturated heterocycles. The average Bonchev–Trinajstić information content (AvgIpc) is 2.47. The van der Waals surface area contributed by atoms with E-state index in [0.29, 0.717) is 18.7 Å². The van der Waals surface area contributed by atoms with Crippen molar-refractivity contribution in [1.29, 1.82) is 0 Å². The summed E-state index contributed by atoms with van der Waals surface area (Å²) < 4.78 is 26.7. The Balaban J connectivity index is 2.20. The fourth-order valence-electron chi connectivity index (χ4n) is 2.37. The van der Waals surface area contributed by atoms with Crippen LogP contribution >= 0.6 is 0 Å². The van der Waals surface area contributed by atoms with Gasteiger partial charge in [0.05, 0.1) is 11.0 Å². The minimum Gasteiger partial charge on any atom is -0.389 e. The lowest BCUT2D eigenvalue weighted by Gasteiger charge is -2.33.